The minimum atomic E-state index is -5.04. The number of aryl methyl sites for hydroxylation is 1. The molecule has 1 aromatic rings. The van der Waals surface area contributed by atoms with Crippen LogP contribution in [0.2, 0.25) is 0 Å². The molecule has 7 nitrogen and oxygen atoms in total. The molecule has 1 aromatic heterocycles. The van der Waals surface area contributed by atoms with E-state index in [4.69, 9.17) is 0 Å². The number of nitrogens with one attached hydrogen (secondary N) is 3. The van der Waals surface area contributed by atoms with Gasteiger partial charge in [-0.1, -0.05) is 0 Å². The number of thiophene rings is 1. The number of amides is 2. The van der Waals surface area contributed by atoms with Gasteiger partial charge in [0.15, 0.2) is 0 Å². The van der Waals surface area contributed by atoms with Crippen molar-refractivity contribution in [2.24, 2.45) is 5.92 Å². The smallest absolute Gasteiger partial charge is 0.345 e. The number of anilines is 1. The molecule has 0 aliphatic heterocycles. The van der Waals surface area contributed by atoms with Crippen LogP contribution >= 0.6 is 11.3 Å². The average molecular weight is 484 g/mol. The molecule has 0 saturated heterocycles. The molecule has 2 saturated carbocycles. The van der Waals surface area contributed by atoms with Crippen LogP contribution in [0, 0.1) is 5.92 Å². The van der Waals surface area contributed by atoms with Crippen LogP contribution in [0.5, 0.6) is 0 Å². The summed E-state index contributed by atoms with van der Waals surface area (Å²) in [4.78, 5) is 24.0. The Morgan fingerprint density at radius 3 is 2.32 bits per heavy atom. The minimum absolute atomic E-state index is 0.0413. The molecule has 0 radical (unpaired) electrons. The van der Waals surface area contributed by atoms with Gasteiger partial charge in [-0.25, -0.2) is 17.5 Å². The largest absolute Gasteiger partial charge is 0.471 e. The first-order valence-corrected chi connectivity index (χ1v) is 12.2. The van der Waals surface area contributed by atoms with Gasteiger partial charge in [0.25, 0.3) is 0 Å². The molecule has 0 unspecified atom stereocenters. The molecule has 1 atom stereocenters. The number of halogens is 4. The number of sulfonamides is 1. The van der Waals surface area contributed by atoms with E-state index in [-0.39, 0.29) is 53.8 Å². The lowest BCUT2D eigenvalue weighted by Crippen LogP contribution is -2.46. The molecule has 0 spiro atoms. The summed E-state index contributed by atoms with van der Waals surface area (Å²) < 4.78 is 79.7. The van der Waals surface area contributed by atoms with Gasteiger partial charge < -0.3 is 10.6 Å². The van der Waals surface area contributed by atoms with Crippen LogP contribution in [0.3, 0.4) is 0 Å². The molecule has 31 heavy (non-hydrogen) atoms. The van der Waals surface area contributed by atoms with Crippen molar-refractivity contribution in [1.29, 1.82) is 0 Å². The fourth-order valence-electron chi connectivity index (χ4n) is 3.80. The van der Waals surface area contributed by atoms with E-state index in [9.17, 15) is 35.6 Å². The van der Waals surface area contributed by atoms with Gasteiger partial charge in [0, 0.05) is 22.9 Å². The zero-order valence-electron chi connectivity index (χ0n) is 16.2. The van der Waals surface area contributed by atoms with E-state index >= 15 is 0 Å². The minimum Gasteiger partial charge on any atom is -0.345 e. The molecule has 3 N–H and O–H groups in total. The van der Waals surface area contributed by atoms with E-state index in [1.165, 1.54) is 0 Å². The number of rotatable bonds is 6. The number of carbonyl (C=O) groups is 2. The number of carbonyl (C=O) groups excluding carboxylic acids is 2. The summed E-state index contributed by atoms with van der Waals surface area (Å²) in [5.74, 6) is -2.56. The summed E-state index contributed by atoms with van der Waals surface area (Å²) in [6.07, 6.45) is -4.25. The highest BCUT2D eigenvalue weighted by atomic mass is 32.2. The number of alkyl halides is 4. The van der Waals surface area contributed by atoms with E-state index in [0.29, 0.717) is 23.3 Å². The van der Waals surface area contributed by atoms with Crippen molar-refractivity contribution >= 4 is 38.2 Å². The predicted octanol–water partition coefficient (Wildman–Crippen LogP) is 2.41. The number of hydrogen-bond acceptors (Lipinski definition) is 5. The van der Waals surface area contributed by atoms with Crippen molar-refractivity contribution in [3.63, 3.8) is 0 Å². The van der Waals surface area contributed by atoms with Crippen LogP contribution in [0.25, 0.3) is 0 Å². The quantitative estimate of drug-likeness (QED) is 0.541. The molecule has 0 aromatic carbocycles. The lowest BCUT2D eigenvalue weighted by Gasteiger charge is -2.30. The summed E-state index contributed by atoms with van der Waals surface area (Å²) in [5, 5.41) is 4.69. The van der Waals surface area contributed by atoms with Gasteiger partial charge >= 0.3 is 12.1 Å². The molecule has 3 aliphatic rings. The maximum absolute atomic E-state index is 13.2. The van der Waals surface area contributed by atoms with Crippen molar-refractivity contribution in [3.8, 4) is 0 Å². The molecule has 2 amide bonds. The first-order valence-electron chi connectivity index (χ1n) is 9.93. The van der Waals surface area contributed by atoms with Gasteiger partial charge in [0.05, 0.1) is 0 Å². The van der Waals surface area contributed by atoms with Crippen LogP contribution in [-0.4, -0.2) is 44.7 Å². The molecule has 172 valence electrons. The third kappa shape index (κ3) is 4.87. The summed E-state index contributed by atoms with van der Waals surface area (Å²) in [6.45, 7) is 0. The second-order valence-electron chi connectivity index (χ2n) is 8.22. The molecule has 1 heterocycles. The van der Waals surface area contributed by atoms with Gasteiger partial charge in [-0.05, 0) is 50.5 Å². The Kier molecular flexibility index (Phi) is 5.80. The Hall–Kier alpha value is -1.73. The maximum Gasteiger partial charge on any atom is 0.471 e. The first kappa shape index (κ1) is 22.5. The van der Waals surface area contributed by atoms with Crippen LogP contribution in [0.4, 0.5) is 22.6 Å². The van der Waals surface area contributed by atoms with Gasteiger partial charge in [0.2, 0.25) is 15.9 Å². The standard InChI is InChI=1S/C18H21F4N3O4S2/c19-9-5-11(6-9)25-31(28,29)14-12-7-10(23-17(27)18(20,21)22)3-4-13(12)30-16(14)24-15(26)8-1-2-8/h8-11,25H,1-7H2,(H,23,27)(H,24,26)/t9-,10-,11-/m0/s1. The van der Waals surface area contributed by atoms with E-state index in [1.54, 1.807) is 0 Å². The Morgan fingerprint density at radius 1 is 1.06 bits per heavy atom. The summed E-state index contributed by atoms with van der Waals surface area (Å²) in [7, 11) is -4.16. The third-order valence-electron chi connectivity index (χ3n) is 5.66. The molecule has 13 heteroatoms. The summed E-state index contributed by atoms with van der Waals surface area (Å²) >= 11 is 1.08. The maximum atomic E-state index is 13.2. The van der Waals surface area contributed by atoms with E-state index < -0.39 is 40.4 Å². The third-order valence-corrected chi connectivity index (χ3v) is 8.63. The highest BCUT2D eigenvalue weighted by Gasteiger charge is 2.42. The zero-order chi connectivity index (χ0) is 22.6. The van der Waals surface area contributed by atoms with Gasteiger partial charge in [0.1, 0.15) is 16.1 Å². The summed E-state index contributed by atoms with van der Waals surface area (Å²) in [5.41, 5.74) is 0.290. The lowest BCUT2D eigenvalue weighted by molar-refractivity contribution is -0.174. The molecular weight excluding hydrogens is 462 g/mol. The van der Waals surface area contributed by atoms with Crippen molar-refractivity contribution in [2.75, 3.05) is 5.32 Å². The van der Waals surface area contributed by atoms with Gasteiger partial charge in [-0.3, -0.25) is 9.59 Å². The fourth-order valence-corrected chi connectivity index (χ4v) is 7.03. The van der Waals surface area contributed by atoms with Crippen molar-refractivity contribution in [3.05, 3.63) is 10.4 Å². The van der Waals surface area contributed by atoms with Crippen molar-refractivity contribution in [2.45, 2.75) is 74.3 Å². The first-order chi connectivity index (χ1) is 14.4. The van der Waals surface area contributed by atoms with Crippen LogP contribution in [0.15, 0.2) is 4.90 Å². The van der Waals surface area contributed by atoms with Crippen LogP contribution in [-0.2, 0) is 32.5 Å². The molecule has 2 fully saturated rings. The molecule has 0 bridgehead atoms. The number of fused-ring (bicyclic) bond motifs is 1. The van der Waals surface area contributed by atoms with E-state index in [0.717, 1.165) is 11.3 Å². The average Bonchev–Trinajstić information content (AvgIpc) is 3.41. The zero-order valence-corrected chi connectivity index (χ0v) is 17.9. The normalized spacial score (nSPS) is 26.0. The molecule has 3 aliphatic carbocycles. The number of hydrogen-bond donors (Lipinski definition) is 3. The second-order valence-corrected chi connectivity index (χ2v) is 11.0. The Bertz CT molecular complexity index is 998. The van der Waals surface area contributed by atoms with Gasteiger partial charge in [-0.15, -0.1) is 11.3 Å². The van der Waals surface area contributed by atoms with E-state index in [1.807, 2.05) is 5.32 Å². The highest BCUT2D eigenvalue weighted by Crippen LogP contribution is 2.43. The molecule has 4 rings (SSSR count). The Labute approximate surface area is 180 Å². The Morgan fingerprint density at radius 2 is 1.74 bits per heavy atom. The van der Waals surface area contributed by atoms with Crippen molar-refractivity contribution in [1.82, 2.24) is 10.0 Å². The Balaban J connectivity index is 1.62. The highest BCUT2D eigenvalue weighted by molar-refractivity contribution is 7.90. The molecular formula is C18H21F4N3O4S2. The van der Waals surface area contributed by atoms with Crippen molar-refractivity contribution < 1.29 is 35.6 Å². The van der Waals surface area contributed by atoms with Crippen LogP contribution in [0.1, 0.15) is 42.5 Å². The van der Waals surface area contributed by atoms with Gasteiger partial charge in [-0.2, -0.15) is 13.2 Å². The monoisotopic (exact) mass is 483 g/mol. The van der Waals surface area contributed by atoms with Crippen LogP contribution < -0.4 is 15.4 Å². The lowest BCUT2D eigenvalue weighted by atomic mass is 9.92. The summed E-state index contributed by atoms with van der Waals surface area (Å²) in [6, 6.07) is -1.47. The van der Waals surface area contributed by atoms with E-state index in [2.05, 4.69) is 10.0 Å². The topological polar surface area (TPSA) is 104 Å². The SMILES string of the molecule is O=C(Nc1sc2c(c1S(=O)(=O)N[C@H]1C[C@H](F)C1)C[C@@H](NC(=O)C(F)(F)F)CC2)C1CC1. The second kappa shape index (κ2) is 8.00. The predicted molar refractivity (Wildman–Crippen MR) is 104 cm³/mol. The fraction of sp³-hybridized carbons (Fsp3) is 0.667.